The number of aliphatic hydroxyl groups is 2. The van der Waals surface area contributed by atoms with Gasteiger partial charge in [-0.3, -0.25) is 9.30 Å². The molecule has 0 spiro atoms. The molecule has 2 heterocycles. The second kappa shape index (κ2) is 6.24. The molecule has 6 nitrogen and oxygen atoms in total. The Morgan fingerprint density at radius 3 is 2.61 bits per heavy atom. The summed E-state index contributed by atoms with van der Waals surface area (Å²) >= 11 is 3.49. The second-order valence-corrected chi connectivity index (χ2v) is 4.61. The zero-order chi connectivity index (χ0) is 13.0. The van der Waals surface area contributed by atoms with Crippen molar-refractivity contribution in [3.8, 4) is 0 Å². The fourth-order valence-corrected chi connectivity index (χ4v) is 2.26. The number of rotatable bonds is 6. The van der Waals surface area contributed by atoms with E-state index in [2.05, 4.69) is 25.9 Å². The van der Waals surface area contributed by atoms with Crippen LogP contribution in [0.15, 0.2) is 23.1 Å². The van der Waals surface area contributed by atoms with Gasteiger partial charge in [-0.25, -0.2) is 9.97 Å². The number of imidazole rings is 1. The molecule has 0 saturated heterocycles. The fraction of sp³-hybridized carbons (Fsp3) is 0.455. The standard InChI is InChI=1S/C11H15BrN4O2/c12-10-9(8-15(4-6-17)5-7-18)14-11-13-2-1-3-16(10)11/h1-3,17-18H,4-8H2. The summed E-state index contributed by atoms with van der Waals surface area (Å²) in [7, 11) is 0. The minimum absolute atomic E-state index is 0.0588. The lowest BCUT2D eigenvalue weighted by Crippen LogP contribution is -2.29. The summed E-state index contributed by atoms with van der Waals surface area (Å²) in [6.45, 7) is 1.69. The van der Waals surface area contributed by atoms with Crippen LogP contribution in [-0.4, -0.2) is 55.8 Å². The average Bonchev–Trinajstić information content (AvgIpc) is 2.68. The molecule has 98 valence electrons. The van der Waals surface area contributed by atoms with E-state index in [0.29, 0.717) is 25.4 Å². The molecular formula is C11H15BrN4O2. The van der Waals surface area contributed by atoms with Gasteiger partial charge in [0.05, 0.1) is 18.9 Å². The molecule has 2 aromatic heterocycles. The average molecular weight is 315 g/mol. The van der Waals surface area contributed by atoms with Crippen LogP contribution in [-0.2, 0) is 6.54 Å². The molecule has 0 atom stereocenters. The van der Waals surface area contributed by atoms with Crippen LogP contribution in [0.1, 0.15) is 5.69 Å². The van der Waals surface area contributed by atoms with E-state index in [-0.39, 0.29) is 13.2 Å². The van der Waals surface area contributed by atoms with Crippen LogP contribution in [0.2, 0.25) is 0 Å². The van der Waals surface area contributed by atoms with Crippen molar-refractivity contribution >= 4 is 21.7 Å². The van der Waals surface area contributed by atoms with Crippen molar-refractivity contribution in [2.75, 3.05) is 26.3 Å². The molecule has 0 aliphatic rings. The Morgan fingerprint density at radius 2 is 2.00 bits per heavy atom. The summed E-state index contributed by atoms with van der Waals surface area (Å²) in [4.78, 5) is 10.5. The monoisotopic (exact) mass is 314 g/mol. The summed E-state index contributed by atoms with van der Waals surface area (Å²) < 4.78 is 2.71. The van der Waals surface area contributed by atoms with Gasteiger partial charge in [0.2, 0.25) is 5.78 Å². The van der Waals surface area contributed by atoms with Gasteiger partial charge in [0.25, 0.3) is 0 Å². The van der Waals surface area contributed by atoms with Gasteiger partial charge < -0.3 is 10.2 Å². The maximum Gasteiger partial charge on any atom is 0.234 e. The molecule has 0 amide bonds. The Labute approximate surface area is 113 Å². The summed E-state index contributed by atoms with van der Waals surface area (Å²) in [5.41, 5.74) is 0.843. The molecule has 0 fully saturated rings. The lowest BCUT2D eigenvalue weighted by atomic mass is 10.4. The van der Waals surface area contributed by atoms with Gasteiger partial charge in [-0.1, -0.05) is 0 Å². The Kier molecular flexibility index (Phi) is 4.65. The van der Waals surface area contributed by atoms with Gasteiger partial charge in [-0.15, -0.1) is 0 Å². The van der Waals surface area contributed by atoms with Crippen molar-refractivity contribution < 1.29 is 10.2 Å². The van der Waals surface area contributed by atoms with E-state index in [1.165, 1.54) is 0 Å². The zero-order valence-electron chi connectivity index (χ0n) is 9.83. The van der Waals surface area contributed by atoms with Crippen LogP contribution in [0, 0.1) is 0 Å². The predicted octanol–water partition coefficient (Wildman–Crippen LogP) is 0.278. The molecule has 0 aliphatic carbocycles. The van der Waals surface area contributed by atoms with E-state index < -0.39 is 0 Å². The van der Waals surface area contributed by atoms with E-state index in [4.69, 9.17) is 10.2 Å². The van der Waals surface area contributed by atoms with E-state index >= 15 is 0 Å². The molecule has 18 heavy (non-hydrogen) atoms. The van der Waals surface area contributed by atoms with Gasteiger partial charge >= 0.3 is 0 Å². The Balaban J connectivity index is 2.22. The topological polar surface area (TPSA) is 73.9 Å². The largest absolute Gasteiger partial charge is 0.395 e. The van der Waals surface area contributed by atoms with Crippen molar-refractivity contribution in [2.45, 2.75) is 6.54 Å². The summed E-state index contributed by atoms with van der Waals surface area (Å²) in [6.07, 6.45) is 3.57. The summed E-state index contributed by atoms with van der Waals surface area (Å²) in [6, 6.07) is 1.84. The highest BCUT2D eigenvalue weighted by molar-refractivity contribution is 9.10. The number of nitrogens with zero attached hydrogens (tertiary/aromatic N) is 4. The Hall–Kier alpha value is -1.02. The number of halogens is 1. The number of aromatic nitrogens is 3. The van der Waals surface area contributed by atoms with Crippen molar-refractivity contribution in [3.05, 3.63) is 28.8 Å². The van der Waals surface area contributed by atoms with Gasteiger partial charge in [0.1, 0.15) is 4.60 Å². The number of fused-ring (bicyclic) bond motifs is 1. The first-order chi connectivity index (χ1) is 8.76. The lowest BCUT2D eigenvalue weighted by molar-refractivity contribution is 0.154. The highest BCUT2D eigenvalue weighted by atomic mass is 79.9. The third kappa shape index (κ3) is 2.86. The van der Waals surface area contributed by atoms with Crippen molar-refractivity contribution in [1.82, 2.24) is 19.3 Å². The summed E-state index contributed by atoms with van der Waals surface area (Å²) in [5, 5.41) is 18.0. The van der Waals surface area contributed by atoms with Crippen molar-refractivity contribution in [1.29, 1.82) is 0 Å². The maximum absolute atomic E-state index is 8.98. The minimum atomic E-state index is 0.0588. The molecular weight excluding hydrogens is 300 g/mol. The first kappa shape index (κ1) is 13.4. The van der Waals surface area contributed by atoms with Crippen LogP contribution < -0.4 is 0 Å². The van der Waals surface area contributed by atoms with Gasteiger partial charge in [0, 0.05) is 32.0 Å². The SMILES string of the molecule is OCCN(CCO)Cc1nc2ncccn2c1Br. The van der Waals surface area contributed by atoms with Crippen molar-refractivity contribution in [3.63, 3.8) is 0 Å². The highest BCUT2D eigenvalue weighted by Crippen LogP contribution is 2.19. The molecule has 0 aliphatic heterocycles. The molecule has 2 aromatic rings. The molecule has 2 N–H and O–H groups in total. The molecule has 0 unspecified atom stereocenters. The third-order valence-corrected chi connectivity index (χ3v) is 3.46. The normalized spacial score (nSPS) is 11.6. The van der Waals surface area contributed by atoms with Crippen LogP contribution in [0.25, 0.3) is 5.78 Å². The predicted molar refractivity (Wildman–Crippen MR) is 70.1 cm³/mol. The van der Waals surface area contributed by atoms with Gasteiger partial charge in [0.15, 0.2) is 0 Å². The van der Waals surface area contributed by atoms with Gasteiger partial charge in [-0.2, -0.15) is 0 Å². The lowest BCUT2D eigenvalue weighted by Gasteiger charge is -2.18. The first-order valence-electron chi connectivity index (χ1n) is 5.67. The van der Waals surface area contributed by atoms with Crippen LogP contribution >= 0.6 is 15.9 Å². The zero-order valence-corrected chi connectivity index (χ0v) is 11.4. The van der Waals surface area contributed by atoms with Crippen LogP contribution in [0.4, 0.5) is 0 Å². The molecule has 0 saturated carbocycles. The van der Waals surface area contributed by atoms with Crippen LogP contribution in [0.3, 0.4) is 0 Å². The number of aliphatic hydroxyl groups excluding tert-OH is 2. The third-order valence-electron chi connectivity index (χ3n) is 2.62. The fourth-order valence-electron chi connectivity index (χ4n) is 1.77. The van der Waals surface area contributed by atoms with E-state index in [1.54, 1.807) is 6.20 Å². The molecule has 0 radical (unpaired) electrons. The van der Waals surface area contributed by atoms with E-state index in [0.717, 1.165) is 10.3 Å². The van der Waals surface area contributed by atoms with E-state index in [9.17, 15) is 0 Å². The first-order valence-corrected chi connectivity index (χ1v) is 6.47. The number of hydrogen-bond donors (Lipinski definition) is 2. The minimum Gasteiger partial charge on any atom is -0.395 e. The number of hydrogen-bond acceptors (Lipinski definition) is 5. The van der Waals surface area contributed by atoms with Crippen LogP contribution in [0.5, 0.6) is 0 Å². The van der Waals surface area contributed by atoms with E-state index in [1.807, 2.05) is 21.6 Å². The molecule has 0 bridgehead atoms. The molecule has 0 aromatic carbocycles. The van der Waals surface area contributed by atoms with Gasteiger partial charge in [-0.05, 0) is 22.0 Å². The quantitative estimate of drug-likeness (QED) is 0.801. The summed E-state index contributed by atoms with van der Waals surface area (Å²) in [5.74, 6) is 0.632. The Bertz CT molecular complexity index is 511. The van der Waals surface area contributed by atoms with Crippen molar-refractivity contribution in [2.24, 2.45) is 0 Å². The Morgan fingerprint density at radius 1 is 1.28 bits per heavy atom. The molecule has 2 rings (SSSR count). The smallest absolute Gasteiger partial charge is 0.234 e. The molecule has 7 heteroatoms. The maximum atomic E-state index is 8.98. The highest BCUT2D eigenvalue weighted by Gasteiger charge is 2.13. The second-order valence-electron chi connectivity index (χ2n) is 3.86.